The Morgan fingerprint density at radius 2 is 2.19 bits per heavy atom. The lowest BCUT2D eigenvalue weighted by atomic mass is 10.2. The van der Waals surface area contributed by atoms with Crippen LogP contribution in [0.3, 0.4) is 0 Å². The van der Waals surface area contributed by atoms with E-state index in [1.165, 1.54) is 18.2 Å². The van der Waals surface area contributed by atoms with Crippen LogP contribution >= 0.6 is 0 Å². The number of rotatable bonds is 5. The lowest BCUT2D eigenvalue weighted by molar-refractivity contribution is -0.140. The number of aliphatic hydroxyl groups excluding tert-OH is 1. The zero-order chi connectivity index (χ0) is 15.7. The van der Waals surface area contributed by atoms with Gasteiger partial charge in [0, 0.05) is 31.8 Å². The van der Waals surface area contributed by atoms with Crippen molar-refractivity contribution in [2.24, 2.45) is 0 Å². The largest absolute Gasteiger partial charge is 0.469 e. The molecule has 0 fully saturated rings. The summed E-state index contributed by atoms with van der Waals surface area (Å²) in [6.07, 6.45) is 2.05. The quantitative estimate of drug-likeness (QED) is 0.629. The van der Waals surface area contributed by atoms with Crippen LogP contribution in [0, 0.1) is 11.8 Å². The second kappa shape index (κ2) is 8.72. The summed E-state index contributed by atoms with van der Waals surface area (Å²) >= 11 is 0. The fraction of sp³-hybridized carbons (Fsp3) is 0.400. The van der Waals surface area contributed by atoms with E-state index in [0.29, 0.717) is 12.0 Å². The zero-order valence-electron chi connectivity index (χ0n) is 12.1. The van der Waals surface area contributed by atoms with E-state index in [9.17, 15) is 9.59 Å². The first-order valence-corrected chi connectivity index (χ1v) is 6.46. The highest BCUT2D eigenvalue weighted by Gasteiger charge is 2.14. The van der Waals surface area contributed by atoms with Crippen molar-refractivity contribution in [1.29, 1.82) is 0 Å². The van der Waals surface area contributed by atoms with E-state index in [2.05, 4.69) is 21.6 Å². The van der Waals surface area contributed by atoms with Crippen LogP contribution in [0.4, 0.5) is 0 Å². The summed E-state index contributed by atoms with van der Waals surface area (Å²) in [7, 11) is 2.91. The number of esters is 1. The summed E-state index contributed by atoms with van der Waals surface area (Å²) in [5, 5.41) is 8.63. The van der Waals surface area contributed by atoms with Gasteiger partial charge in [-0.05, 0) is 12.1 Å². The van der Waals surface area contributed by atoms with E-state index >= 15 is 0 Å². The standard InChI is InChI=1S/C15H18N2O4/c1-17(9-8-14(19)21-2)15(20)13-7-6-12(11-16-13)5-3-4-10-18/h6-7,11,18H,4,8-10H2,1-2H3. The maximum atomic E-state index is 12.1. The van der Waals surface area contributed by atoms with Crippen LogP contribution in [0.5, 0.6) is 0 Å². The Labute approximate surface area is 123 Å². The molecule has 0 atom stereocenters. The molecule has 0 bridgehead atoms. The number of nitrogens with zero attached hydrogens (tertiary/aromatic N) is 2. The highest BCUT2D eigenvalue weighted by molar-refractivity contribution is 5.92. The van der Waals surface area contributed by atoms with Gasteiger partial charge in [-0.15, -0.1) is 0 Å². The predicted molar refractivity (Wildman–Crippen MR) is 76.4 cm³/mol. The Morgan fingerprint density at radius 3 is 2.76 bits per heavy atom. The van der Waals surface area contributed by atoms with Crippen molar-refractivity contribution in [2.45, 2.75) is 12.8 Å². The van der Waals surface area contributed by atoms with Gasteiger partial charge in [-0.2, -0.15) is 0 Å². The molecule has 0 aromatic carbocycles. The Morgan fingerprint density at radius 1 is 1.43 bits per heavy atom. The van der Waals surface area contributed by atoms with Crippen molar-refractivity contribution in [3.63, 3.8) is 0 Å². The average molecular weight is 290 g/mol. The first kappa shape index (κ1) is 16.7. The van der Waals surface area contributed by atoms with Crippen molar-refractivity contribution in [3.8, 4) is 11.8 Å². The van der Waals surface area contributed by atoms with Gasteiger partial charge in [-0.3, -0.25) is 9.59 Å². The van der Waals surface area contributed by atoms with Gasteiger partial charge in [-0.25, -0.2) is 4.98 Å². The molecule has 6 nitrogen and oxygen atoms in total. The molecule has 0 unspecified atom stereocenters. The molecule has 0 aliphatic heterocycles. The van der Waals surface area contributed by atoms with E-state index < -0.39 is 0 Å². The maximum absolute atomic E-state index is 12.1. The second-order valence-corrected chi connectivity index (χ2v) is 4.26. The monoisotopic (exact) mass is 290 g/mol. The molecule has 1 aromatic heterocycles. The van der Waals surface area contributed by atoms with E-state index in [-0.39, 0.29) is 37.1 Å². The predicted octanol–water partition coefficient (Wildman–Crippen LogP) is 0.451. The van der Waals surface area contributed by atoms with Crippen LogP contribution in [-0.2, 0) is 9.53 Å². The van der Waals surface area contributed by atoms with Gasteiger partial charge < -0.3 is 14.7 Å². The van der Waals surface area contributed by atoms with Crippen molar-refractivity contribution < 1.29 is 19.4 Å². The first-order chi connectivity index (χ1) is 10.1. The average Bonchev–Trinajstić information content (AvgIpc) is 2.52. The normalized spacial score (nSPS) is 9.48. The fourth-order valence-corrected chi connectivity index (χ4v) is 1.47. The zero-order valence-corrected chi connectivity index (χ0v) is 12.1. The summed E-state index contributed by atoms with van der Waals surface area (Å²) < 4.78 is 4.52. The number of aliphatic hydroxyl groups is 1. The number of methoxy groups -OCH3 is 1. The molecule has 112 valence electrons. The van der Waals surface area contributed by atoms with Crippen molar-refractivity contribution >= 4 is 11.9 Å². The van der Waals surface area contributed by atoms with Gasteiger partial charge in [0.2, 0.25) is 0 Å². The lowest BCUT2D eigenvalue weighted by Gasteiger charge is -2.15. The summed E-state index contributed by atoms with van der Waals surface area (Å²) in [5.74, 6) is 4.97. The third-order valence-electron chi connectivity index (χ3n) is 2.68. The molecular weight excluding hydrogens is 272 g/mol. The van der Waals surface area contributed by atoms with Crippen LogP contribution in [0.25, 0.3) is 0 Å². The molecule has 6 heteroatoms. The number of amides is 1. The molecule has 1 aromatic rings. The Kier molecular flexibility index (Phi) is 6.92. The number of hydrogen-bond acceptors (Lipinski definition) is 5. The molecule has 0 spiro atoms. The van der Waals surface area contributed by atoms with Gasteiger partial charge in [0.1, 0.15) is 5.69 Å². The number of carbonyl (C=O) groups excluding carboxylic acids is 2. The van der Waals surface area contributed by atoms with Crippen molar-refractivity contribution in [1.82, 2.24) is 9.88 Å². The molecule has 1 rings (SSSR count). The number of aromatic nitrogens is 1. The molecule has 0 saturated carbocycles. The van der Waals surface area contributed by atoms with Crippen LogP contribution in [0.15, 0.2) is 18.3 Å². The highest BCUT2D eigenvalue weighted by atomic mass is 16.5. The SMILES string of the molecule is COC(=O)CCN(C)C(=O)c1ccc(C#CCCO)cn1. The molecular formula is C15H18N2O4. The van der Waals surface area contributed by atoms with E-state index in [4.69, 9.17) is 5.11 Å². The Bertz CT molecular complexity index is 543. The van der Waals surface area contributed by atoms with Gasteiger partial charge >= 0.3 is 5.97 Å². The van der Waals surface area contributed by atoms with Crippen LogP contribution < -0.4 is 0 Å². The second-order valence-electron chi connectivity index (χ2n) is 4.26. The fourth-order valence-electron chi connectivity index (χ4n) is 1.47. The third-order valence-corrected chi connectivity index (χ3v) is 2.68. The maximum Gasteiger partial charge on any atom is 0.307 e. The minimum absolute atomic E-state index is 0.0159. The van der Waals surface area contributed by atoms with E-state index in [1.54, 1.807) is 19.2 Å². The van der Waals surface area contributed by atoms with E-state index in [0.717, 1.165) is 0 Å². The number of hydrogen-bond donors (Lipinski definition) is 1. The van der Waals surface area contributed by atoms with Gasteiger partial charge in [-0.1, -0.05) is 11.8 Å². The molecule has 1 heterocycles. The molecule has 0 radical (unpaired) electrons. The third kappa shape index (κ3) is 5.63. The van der Waals surface area contributed by atoms with Crippen LogP contribution in [0.2, 0.25) is 0 Å². The first-order valence-electron chi connectivity index (χ1n) is 6.46. The molecule has 1 amide bonds. The number of pyridine rings is 1. The van der Waals surface area contributed by atoms with Crippen molar-refractivity contribution in [2.75, 3.05) is 27.3 Å². The number of ether oxygens (including phenoxy) is 1. The summed E-state index contributed by atoms with van der Waals surface area (Å²) in [6, 6.07) is 3.28. The molecule has 0 aliphatic rings. The summed E-state index contributed by atoms with van der Waals surface area (Å²) in [6.45, 7) is 0.285. The molecule has 21 heavy (non-hydrogen) atoms. The lowest BCUT2D eigenvalue weighted by Crippen LogP contribution is -2.29. The van der Waals surface area contributed by atoms with Gasteiger partial charge in [0.25, 0.3) is 5.91 Å². The van der Waals surface area contributed by atoms with Gasteiger partial charge in [0.15, 0.2) is 0 Å². The molecule has 0 saturated heterocycles. The van der Waals surface area contributed by atoms with Crippen LogP contribution in [-0.4, -0.2) is 54.2 Å². The smallest absolute Gasteiger partial charge is 0.307 e. The Hall–Kier alpha value is -2.39. The molecule has 1 N–H and O–H groups in total. The topological polar surface area (TPSA) is 79.7 Å². The minimum atomic E-state index is -0.364. The highest BCUT2D eigenvalue weighted by Crippen LogP contribution is 2.03. The van der Waals surface area contributed by atoms with E-state index in [1.807, 2.05) is 0 Å². The molecule has 0 aliphatic carbocycles. The summed E-state index contributed by atoms with van der Waals surface area (Å²) in [5.41, 5.74) is 0.965. The Balaban J connectivity index is 2.62. The van der Waals surface area contributed by atoms with Gasteiger partial charge in [0.05, 0.1) is 20.1 Å². The van der Waals surface area contributed by atoms with Crippen LogP contribution in [0.1, 0.15) is 28.9 Å². The van der Waals surface area contributed by atoms with Crippen molar-refractivity contribution in [3.05, 3.63) is 29.6 Å². The number of carbonyl (C=O) groups is 2. The summed E-state index contributed by atoms with van der Waals surface area (Å²) in [4.78, 5) is 28.6. The minimum Gasteiger partial charge on any atom is -0.469 e.